The highest BCUT2D eigenvalue weighted by atomic mass is 32.1. The van der Waals surface area contributed by atoms with Crippen LogP contribution in [0.15, 0.2) is 30.3 Å². The molecule has 0 radical (unpaired) electrons. The minimum atomic E-state index is -0.508. The number of thiophene rings is 1. The lowest BCUT2D eigenvalue weighted by atomic mass is 10.0. The quantitative estimate of drug-likeness (QED) is 0.441. The van der Waals surface area contributed by atoms with Crippen LogP contribution in [0.1, 0.15) is 28.5 Å². The molecule has 1 N–H and O–H groups in total. The third kappa shape index (κ3) is 4.64. The first-order valence-electron chi connectivity index (χ1n) is 9.12. The topological polar surface area (TPSA) is 126 Å². The molecule has 3 rings (SSSR count). The van der Waals surface area contributed by atoms with E-state index < -0.39 is 16.9 Å². The van der Waals surface area contributed by atoms with Gasteiger partial charge in [0.15, 0.2) is 0 Å². The minimum Gasteiger partial charge on any atom is -0.450 e. The summed E-state index contributed by atoms with van der Waals surface area (Å²) in [6, 6.07) is 8.04. The molecule has 0 atom stereocenters. The number of carbonyl (C=O) groups is 2. The van der Waals surface area contributed by atoms with Crippen LogP contribution in [-0.4, -0.2) is 35.0 Å². The molecule has 0 aliphatic carbocycles. The third-order valence-electron chi connectivity index (χ3n) is 4.44. The zero-order chi connectivity index (χ0) is 21.7. The molecule has 0 saturated heterocycles. The number of rotatable bonds is 5. The van der Waals surface area contributed by atoms with E-state index in [0.717, 1.165) is 10.4 Å². The number of hydrogen-bond donors (Lipinski definition) is 1. The summed E-state index contributed by atoms with van der Waals surface area (Å²) in [4.78, 5) is 37.0. The van der Waals surface area contributed by atoms with E-state index in [-0.39, 0.29) is 12.3 Å². The Morgan fingerprint density at radius 3 is 2.97 bits per heavy atom. The number of nitro benzene ring substituents is 1. The normalized spacial score (nSPS) is 12.9. The van der Waals surface area contributed by atoms with Crippen molar-refractivity contribution in [2.75, 3.05) is 18.5 Å². The zero-order valence-corrected chi connectivity index (χ0v) is 16.9. The number of carbonyl (C=O) groups excluding carboxylic acids is 2. The molecule has 2 heterocycles. The lowest BCUT2D eigenvalue weighted by Crippen LogP contribution is -2.35. The number of anilines is 1. The third-order valence-corrected chi connectivity index (χ3v) is 5.57. The SMILES string of the molecule is CCOC(=O)N1CCc2c(sc(NC(=O)C=Cc3cccc([N+](=O)[O-])c3)c2C#N)C1. The Bertz CT molecular complexity index is 1070. The van der Waals surface area contributed by atoms with E-state index in [9.17, 15) is 25.0 Å². The van der Waals surface area contributed by atoms with Crippen LogP contribution in [0.5, 0.6) is 0 Å². The van der Waals surface area contributed by atoms with E-state index in [2.05, 4.69) is 11.4 Å². The molecular weight excluding hydrogens is 408 g/mol. The van der Waals surface area contributed by atoms with Gasteiger partial charge in [0.2, 0.25) is 5.91 Å². The molecule has 2 amide bonds. The first kappa shape index (κ1) is 21.0. The summed E-state index contributed by atoms with van der Waals surface area (Å²) in [5, 5.41) is 23.5. The van der Waals surface area contributed by atoms with Gasteiger partial charge in [-0.3, -0.25) is 14.9 Å². The molecule has 30 heavy (non-hydrogen) atoms. The van der Waals surface area contributed by atoms with Crippen molar-refractivity contribution in [2.45, 2.75) is 19.9 Å². The van der Waals surface area contributed by atoms with E-state index in [0.29, 0.717) is 35.6 Å². The second kappa shape index (κ2) is 9.19. The fraction of sp³-hybridized carbons (Fsp3) is 0.250. The molecule has 1 aromatic carbocycles. The first-order chi connectivity index (χ1) is 14.4. The molecule has 0 spiro atoms. The van der Waals surface area contributed by atoms with Crippen LogP contribution in [0.3, 0.4) is 0 Å². The van der Waals surface area contributed by atoms with Crippen molar-refractivity contribution in [1.29, 1.82) is 5.26 Å². The minimum absolute atomic E-state index is 0.0681. The zero-order valence-electron chi connectivity index (χ0n) is 16.1. The maximum atomic E-state index is 12.3. The number of ether oxygens (including phenoxy) is 1. The Morgan fingerprint density at radius 1 is 1.47 bits per heavy atom. The molecule has 1 aromatic heterocycles. The van der Waals surface area contributed by atoms with Crippen LogP contribution in [0.4, 0.5) is 15.5 Å². The van der Waals surface area contributed by atoms with Crippen molar-refractivity contribution >= 4 is 40.1 Å². The number of amides is 2. The Labute approximate surface area is 176 Å². The van der Waals surface area contributed by atoms with Gasteiger partial charge in [0.25, 0.3) is 5.69 Å². The summed E-state index contributed by atoms with van der Waals surface area (Å²) in [6.45, 7) is 2.79. The number of nitrogens with zero attached hydrogens (tertiary/aromatic N) is 3. The average molecular weight is 426 g/mol. The highest BCUT2D eigenvalue weighted by molar-refractivity contribution is 7.16. The van der Waals surface area contributed by atoms with Crippen LogP contribution in [0.25, 0.3) is 6.08 Å². The van der Waals surface area contributed by atoms with Crippen LogP contribution in [0.2, 0.25) is 0 Å². The number of nitriles is 1. The molecule has 0 saturated carbocycles. The van der Waals surface area contributed by atoms with E-state index in [1.165, 1.54) is 41.7 Å². The molecule has 10 heteroatoms. The lowest BCUT2D eigenvalue weighted by Gasteiger charge is -2.25. The van der Waals surface area contributed by atoms with Gasteiger partial charge in [-0.1, -0.05) is 12.1 Å². The molecule has 0 fully saturated rings. The van der Waals surface area contributed by atoms with Crippen molar-refractivity contribution in [2.24, 2.45) is 0 Å². The van der Waals surface area contributed by atoms with Crippen molar-refractivity contribution in [3.8, 4) is 6.07 Å². The van der Waals surface area contributed by atoms with Gasteiger partial charge in [-0.15, -0.1) is 11.3 Å². The first-order valence-corrected chi connectivity index (χ1v) is 9.94. The fourth-order valence-electron chi connectivity index (χ4n) is 3.05. The van der Waals surface area contributed by atoms with E-state index in [1.807, 2.05) is 0 Å². The molecule has 9 nitrogen and oxygen atoms in total. The predicted octanol–water partition coefficient (Wildman–Crippen LogP) is 3.69. The fourth-order valence-corrected chi connectivity index (χ4v) is 4.26. The van der Waals surface area contributed by atoms with Gasteiger partial charge in [-0.05, 0) is 30.5 Å². The Kier molecular flexibility index (Phi) is 6.44. The van der Waals surface area contributed by atoms with Crippen molar-refractivity contribution < 1.29 is 19.2 Å². The Balaban J connectivity index is 1.73. The monoisotopic (exact) mass is 426 g/mol. The molecular formula is C20H18N4O5S. The lowest BCUT2D eigenvalue weighted by molar-refractivity contribution is -0.384. The molecule has 154 valence electrons. The smallest absolute Gasteiger partial charge is 0.410 e. The van der Waals surface area contributed by atoms with Crippen LogP contribution < -0.4 is 5.32 Å². The molecule has 2 aromatic rings. The van der Waals surface area contributed by atoms with Crippen molar-refractivity contribution in [3.05, 3.63) is 62.0 Å². The summed E-state index contributed by atoms with van der Waals surface area (Å²) in [5.74, 6) is -0.459. The van der Waals surface area contributed by atoms with Gasteiger partial charge in [-0.2, -0.15) is 5.26 Å². The standard InChI is InChI=1S/C20H18N4O5S/c1-2-29-20(26)23-9-8-15-16(11-21)19(30-17(15)12-23)22-18(25)7-6-13-4-3-5-14(10-13)24(27)28/h3-7,10H,2,8-9,12H2,1H3,(H,22,25). The molecule has 0 bridgehead atoms. The largest absolute Gasteiger partial charge is 0.450 e. The van der Waals surface area contributed by atoms with Gasteiger partial charge < -0.3 is 15.0 Å². The van der Waals surface area contributed by atoms with E-state index >= 15 is 0 Å². The average Bonchev–Trinajstić information content (AvgIpc) is 3.08. The Morgan fingerprint density at radius 2 is 2.27 bits per heavy atom. The Hall–Kier alpha value is -3.71. The van der Waals surface area contributed by atoms with Crippen LogP contribution >= 0.6 is 11.3 Å². The molecule has 1 aliphatic heterocycles. The van der Waals surface area contributed by atoms with Crippen molar-refractivity contribution in [1.82, 2.24) is 4.90 Å². The number of nitro groups is 1. The second-order valence-electron chi connectivity index (χ2n) is 6.36. The predicted molar refractivity (Wildman–Crippen MR) is 111 cm³/mol. The van der Waals surface area contributed by atoms with Crippen molar-refractivity contribution in [3.63, 3.8) is 0 Å². The number of hydrogen-bond acceptors (Lipinski definition) is 7. The van der Waals surface area contributed by atoms with E-state index in [1.54, 1.807) is 17.9 Å². The van der Waals surface area contributed by atoms with Crippen LogP contribution in [0, 0.1) is 21.4 Å². The van der Waals surface area contributed by atoms with Gasteiger partial charge >= 0.3 is 6.09 Å². The second-order valence-corrected chi connectivity index (χ2v) is 7.47. The van der Waals surface area contributed by atoms with E-state index in [4.69, 9.17) is 4.74 Å². The van der Waals surface area contributed by atoms with Crippen LogP contribution in [-0.2, 0) is 22.5 Å². The van der Waals surface area contributed by atoms with Gasteiger partial charge in [-0.25, -0.2) is 4.79 Å². The number of non-ortho nitro benzene ring substituents is 1. The summed E-state index contributed by atoms with van der Waals surface area (Å²) in [7, 11) is 0. The number of nitrogens with one attached hydrogen (secondary N) is 1. The summed E-state index contributed by atoms with van der Waals surface area (Å²) in [6.07, 6.45) is 2.82. The molecule has 0 unspecified atom stereocenters. The number of fused-ring (bicyclic) bond motifs is 1. The van der Waals surface area contributed by atoms with Gasteiger partial charge in [0, 0.05) is 29.6 Å². The summed E-state index contributed by atoms with van der Waals surface area (Å²) < 4.78 is 5.03. The highest BCUT2D eigenvalue weighted by Crippen LogP contribution is 2.36. The maximum Gasteiger partial charge on any atom is 0.410 e. The number of benzene rings is 1. The van der Waals surface area contributed by atoms with Gasteiger partial charge in [0.1, 0.15) is 11.1 Å². The van der Waals surface area contributed by atoms with Gasteiger partial charge in [0.05, 0.1) is 23.6 Å². The summed E-state index contributed by atoms with van der Waals surface area (Å²) in [5.41, 5.74) is 1.67. The molecule has 1 aliphatic rings. The summed E-state index contributed by atoms with van der Waals surface area (Å²) >= 11 is 1.26. The maximum absolute atomic E-state index is 12.3. The highest BCUT2D eigenvalue weighted by Gasteiger charge is 2.27.